The van der Waals surface area contributed by atoms with Crippen molar-refractivity contribution < 1.29 is 13.2 Å². The van der Waals surface area contributed by atoms with E-state index in [4.69, 9.17) is 0 Å². The van der Waals surface area contributed by atoms with Gasteiger partial charge in [0.15, 0.2) is 0 Å². The maximum Gasteiger partial charge on any atom is 0.314 e. The van der Waals surface area contributed by atoms with E-state index in [2.05, 4.69) is 41.3 Å². The Morgan fingerprint density at radius 2 is 1.86 bits per heavy atom. The lowest BCUT2D eigenvalue weighted by molar-refractivity contribution is 0.0773. The molecule has 1 aliphatic carbocycles. The summed E-state index contributed by atoms with van der Waals surface area (Å²) in [5.74, 6) is 0.650. The van der Waals surface area contributed by atoms with Gasteiger partial charge in [-0.1, -0.05) is 37.5 Å². The van der Waals surface area contributed by atoms with Gasteiger partial charge in [-0.15, -0.1) is 0 Å². The number of nitrogens with zero attached hydrogens (tertiary/aromatic N) is 1. The number of rotatable bonds is 8. The summed E-state index contributed by atoms with van der Waals surface area (Å²) in [5.41, 5.74) is 0.988. The van der Waals surface area contributed by atoms with E-state index in [0.29, 0.717) is 12.5 Å². The fraction of sp³-hybridized carbons (Fsp3) is 0.650. The molecule has 0 aromatic heterocycles. The summed E-state index contributed by atoms with van der Waals surface area (Å²) in [6.45, 7) is 5.12. The van der Waals surface area contributed by atoms with Crippen LogP contribution in [0.5, 0.6) is 0 Å². The molecular weight excluding hydrogens is 376 g/mol. The first-order valence-corrected chi connectivity index (χ1v) is 11.4. The van der Waals surface area contributed by atoms with Gasteiger partial charge in [-0.2, -0.15) is 0 Å². The van der Waals surface area contributed by atoms with Crippen LogP contribution in [-0.4, -0.2) is 58.6 Å². The molecule has 0 heterocycles. The van der Waals surface area contributed by atoms with Gasteiger partial charge in [0.25, 0.3) is 0 Å². The lowest BCUT2D eigenvalue weighted by atomic mass is 9.75. The smallest absolute Gasteiger partial charge is 0.314 e. The zero-order valence-electron chi connectivity index (χ0n) is 17.4. The van der Waals surface area contributed by atoms with Crippen LogP contribution < -0.4 is 15.4 Å². The summed E-state index contributed by atoms with van der Waals surface area (Å²) >= 11 is 0. The van der Waals surface area contributed by atoms with E-state index < -0.39 is 10.0 Å². The molecule has 2 amide bonds. The van der Waals surface area contributed by atoms with Crippen LogP contribution >= 0.6 is 0 Å². The Kier molecular flexibility index (Phi) is 7.86. The van der Waals surface area contributed by atoms with E-state index in [1.807, 2.05) is 6.92 Å². The number of benzene rings is 1. The van der Waals surface area contributed by atoms with Crippen LogP contribution in [0.1, 0.15) is 38.2 Å². The molecule has 2 unspecified atom stereocenters. The molecule has 2 rings (SSSR count). The van der Waals surface area contributed by atoms with Crippen molar-refractivity contribution in [3.05, 3.63) is 29.8 Å². The predicted molar refractivity (Wildman–Crippen MR) is 112 cm³/mol. The molecule has 0 radical (unpaired) electrons. The molecule has 1 saturated carbocycles. The minimum absolute atomic E-state index is 0.0119. The van der Waals surface area contributed by atoms with Gasteiger partial charge in [0, 0.05) is 25.2 Å². The molecule has 158 valence electrons. The van der Waals surface area contributed by atoms with E-state index in [-0.39, 0.29) is 29.6 Å². The van der Waals surface area contributed by atoms with E-state index in [9.17, 15) is 13.2 Å². The van der Waals surface area contributed by atoms with Crippen molar-refractivity contribution in [3.8, 4) is 0 Å². The first kappa shape index (κ1) is 22.6. The second-order valence-electron chi connectivity index (χ2n) is 8.14. The van der Waals surface area contributed by atoms with Crippen LogP contribution in [0.25, 0.3) is 0 Å². The van der Waals surface area contributed by atoms with Crippen molar-refractivity contribution in [2.24, 2.45) is 5.92 Å². The third kappa shape index (κ3) is 6.18. The number of sulfonamides is 1. The van der Waals surface area contributed by atoms with Crippen molar-refractivity contribution in [2.45, 2.75) is 50.0 Å². The molecule has 7 nitrogen and oxygen atoms in total. The van der Waals surface area contributed by atoms with Gasteiger partial charge in [0.05, 0.1) is 4.90 Å². The number of aryl methyl sites for hydroxylation is 1. The number of likely N-dealkylation sites (N-methyl/N-ethyl adjacent to an activating group) is 1. The van der Waals surface area contributed by atoms with Crippen LogP contribution in [-0.2, 0) is 10.0 Å². The van der Waals surface area contributed by atoms with Gasteiger partial charge in [-0.3, -0.25) is 0 Å². The predicted octanol–water partition coefficient (Wildman–Crippen LogP) is 2.08. The van der Waals surface area contributed by atoms with Gasteiger partial charge < -0.3 is 15.5 Å². The molecule has 2 atom stereocenters. The number of carbonyl (C=O) groups excluding carboxylic acids is 1. The normalized spacial score (nSPS) is 22.8. The zero-order valence-corrected chi connectivity index (χ0v) is 18.2. The first-order valence-electron chi connectivity index (χ1n) is 9.90. The van der Waals surface area contributed by atoms with Crippen LogP contribution in [0.2, 0.25) is 0 Å². The van der Waals surface area contributed by atoms with Crippen molar-refractivity contribution in [3.63, 3.8) is 0 Å². The largest absolute Gasteiger partial charge is 0.337 e. The molecule has 1 aromatic rings. The Morgan fingerprint density at radius 1 is 1.18 bits per heavy atom. The second kappa shape index (κ2) is 9.71. The quantitative estimate of drug-likeness (QED) is 0.573. The third-order valence-electron chi connectivity index (χ3n) is 5.63. The average Bonchev–Trinajstić information content (AvgIpc) is 2.64. The van der Waals surface area contributed by atoms with Gasteiger partial charge in [-0.25, -0.2) is 17.9 Å². The van der Waals surface area contributed by atoms with Crippen LogP contribution in [0.4, 0.5) is 4.79 Å². The number of hydrogen-bond acceptors (Lipinski definition) is 4. The summed E-state index contributed by atoms with van der Waals surface area (Å²) in [6.07, 6.45) is 4.55. The van der Waals surface area contributed by atoms with E-state index in [1.165, 1.54) is 12.8 Å². The summed E-state index contributed by atoms with van der Waals surface area (Å²) < 4.78 is 27.0. The molecule has 1 fully saturated rings. The topological polar surface area (TPSA) is 90.5 Å². The van der Waals surface area contributed by atoms with Gasteiger partial charge >= 0.3 is 6.03 Å². The number of urea groups is 1. The highest BCUT2D eigenvalue weighted by Gasteiger charge is 2.37. The van der Waals surface area contributed by atoms with Crippen LogP contribution in [0.15, 0.2) is 29.2 Å². The number of carbonyl (C=O) groups is 1. The molecule has 8 heteroatoms. The Labute approximate surface area is 169 Å². The van der Waals surface area contributed by atoms with Crippen LogP contribution in [0, 0.1) is 12.8 Å². The monoisotopic (exact) mass is 410 g/mol. The SMILES string of the molecule is Cc1ccc(S(=O)(=O)NCCNC(=O)NCC2(N(C)C)CCCC(C)C2)cc1. The molecule has 28 heavy (non-hydrogen) atoms. The molecule has 0 spiro atoms. The lowest BCUT2D eigenvalue weighted by Gasteiger charge is -2.45. The third-order valence-corrected chi connectivity index (χ3v) is 7.11. The van der Waals surface area contributed by atoms with Gasteiger partial charge in [0.1, 0.15) is 0 Å². The van der Waals surface area contributed by atoms with Crippen molar-refractivity contribution in [1.29, 1.82) is 0 Å². The molecule has 1 aliphatic rings. The van der Waals surface area contributed by atoms with Gasteiger partial charge in [0.2, 0.25) is 10.0 Å². The molecule has 0 aliphatic heterocycles. The Bertz CT molecular complexity index is 749. The molecule has 3 N–H and O–H groups in total. The second-order valence-corrected chi connectivity index (χ2v) is 9.91. The fourth-order valence-corrected chi connectivity index (χ4v) is 4.86. The Morgan fingerprint density at radius 3 is 2.46 bits per heavy atom. The summed E-state index contributed by atoms with van der Waals surface area (Å²) in [6, 6.07) is 6.39. The van der Waals surface area contributed by atoms with Crippen molar-refractivity contribution in [2.75, 3.05) is 33.7 Å². The van der Waals surface area contributed by atoms with Crippen LogP contribution in [0.3, 0.4) is 0 Å². The Balaban J connectivity index is 1.75. The lowest BCUT2D eigenvalue weighted by Crippen LogP contribution is -2.56. The molecule has 0 saturated heterocycles. The summed E-state index contributed by atoms with van der Waals surface area (Å²) in [4.78, 5) is 14.6. The standard InChI is InChI=1S/C20H34N4O3S/c1-16-7-9-18(10-8-16)28(26,27)23-13-12-21-19(25)22-15-20(24(3)4)11-5-6-17(2)14-20/h7-10,17,23H,5-6,11-15H2,1-4H3,(H2,21,22,25). The molecule has 0 bridgehead atoms. The first-order chi connectivity index (χ1) is 13.1. The zero-order chi connectivity index (χ0) is 20.8. The van der Waals surface area contributed by atoms with E-state index in [0.717, 1.165) is 18.4 Å². The number of amides is 2. The van der Waals surface area contributed by atoms with Crippen molar-refractivity contribution in [1.82, 2.24) is 20.3 Å². The molecule has 1 aromatic carbocycles. The number of nitrogens with one attached hydrogen (secondary N) is 3. The highest BCUT2D eigenvalue weighted by molar-refractivity contribution is 7.89. The Hall–Kier alpha value is -1.64. The highest BCUT2D eigenvalue weighted by Crippen LogP contribution is 2.35. The van der Waals surface area contributed by atoms with E-state index in [1.54, 1.807) is 24.3 Å². The number of hydrogen-bond donors (Lipinski definition) is 3. The average molecular weight is 411 g/mol. The van der Waals surface area contributed by atoms with Gasteiger partial charge in [-0.05, 0) is 51.9 Å². The minimum atomic E-state index is -3.56. The van der Waals surface area contributed by atoms with Crippen molar-refractivity contribution >= 4 is 16.1 Å². The maximum atomic E-state index is 12.2. The van der Waals surface area contributed by atoms with E-state index >= 15 is 0 Å². The fourth-order valence-electron chi connectivity index (χ4n) is 3.83. The highest BCUT2D eigenvalue weighted by atomic mass is 32.2. The minimum Gasteiger partial charge on any atom is -0.337 e. The summed E-state index contributed by atoms with van der Waals surface area (Å²) in [5, 5.41) is 5.69. The summed E-state index contributed by atoms with van der Waals surface area (Å²) in [7, 11) is 0.574. The molecular formula is C20H34N4O3S. The maximum absolute atomic E-state index is 12.2.